The number of nitrogens with zero attached hydrogens (tertiary/aromatic N) is 3. The smallest absolute Gasteiger partial charge is 0.416 e. The van der Waals surface area contributed by atoms with Crippen molar-refractivity contribution in [3.8, 4) is 17.2 Å². The standard InChI is InChI=1S/C32H33F3N4O4/c1-3-38-10-12-39(13-11-38)18-20-5-4-19(14-25(20)32(33,34)35)27(40)17-24-29-23-15-21(6-7-28(23)43-30(24)29)42-22-8-9-37-26(16-22)31(41)36-2/h4-9,14-16,24,29-30H,3,10-13,17-18H2,1-2H3,(H,36,41)/t24-,29-,30+/m0/s1. The number of carbonyl (C=O) groups excluding carboxylic acids is 2. The zero-order valence-electron chi connectivity index (χ0n) is 24.0. The molecule has 0 radical (unpaired) electrons. The van der Waals surface area contributed by atoms with Crippen LogP contribution in [0.5, 0.6) is 17.2 Å². The first-order valence-electron chi connectivity index (χ1n) is 14.5. The number of pyridine rings is 1. The largest absolute Gasteiger partial charge is 0.489 e. The Bertz CT molecular complexity index is 1540. The minimum Gasteiger partial charge on any atom is -0.489 e. The third-order valence-electron chi connectivity index (χ3n) is 8.59. The van der Waals surface area contributed by atoms with Gasteiger partial charge in [-0.25, -0.2) is 0 Å². The number of rotatable bonds is 9. The number of carbonyl (C=O) groups is 2. The molecule has 2 fully saturated rings. The Balaban J connectivity index is 1.12. The van der Waals surface area contributed by atoms with Crippen molar-refractivity contribution in [2.75, 3.05) is 39.8 Å². The van der Waals surface area contributed by atoms with Gasteiger partial charge in [-0.1, -0.05) is 19.1 Å². The maximum absolute atomic E-state index is 14.1. The molecule has 2 aromatic carbocycles. The van der Waals surface area contributed by atoms with E-state index in [0.717, 1.165) is 31.3 Å². The summed E-state index contributed by atoms with van der Waals surface area (Å²) in [5.74, 6) is 0.863. The lowest BCUT2D eigenvalue weighted by Crippen LogP contribution is -2.45. The number of aromatic nitrogens is 1. The lowest BCUT2D eigenvalue weighted by atomic mass is 9.97. The number of benzene rings is 2. The second-order valence-corrected chi connectivity index (χ2v) is 11.2. The Morgan fingerprint density at radius 1 is 1.02 bits per heavy atom. The van der Waals surface area contributed by atoms with Crippen LogP contribution >= 0.6 is 0 Å². The van der Waals surface area contributed by atoms with Crippen molar-refractivity contribution in [2.24, 2.45) is 5.92 Å². The van der Waals surface area contributed by atoms with Crippen LogP contribution in [0.4, 0.5) is 13.2 Å². The molecule has 0 bridgehead atoms. The summed E-state index contributed by atoms with van der Waals surface area (Å²) in [5.41, 5.74) is 0.640. The Morgan fingerprint density at radius 3 is 2.49 bits per heavy atom. The highest BCUT2D eigenvalue weighted by Crippen LogP contribution is 2.60. The first-order chi connectivity index (χ1) is 20.6. The first kappa shape index (κ1) is 29.1. The van der Waals surface area contributed by atoms with Gasteiger partial charge in [0, 0.05) is 81.4 Å². The summed E-state index contributed by atoms with van der Waals surface area (Å²) in [7, 11) is 1.52. The van der Waals surface area contributed by atoms with Crippen molar-refractivity contribution in [1.29, 1.82) is 0 Å². The fourth-order valence-electron chi connectivity index (χ4n) is 6.11. The average molecular weight is 595 g/mol. The van der Waals surface area contributed by atoms with E-state index >= 15 is 0 Å². The van der Waals surface area contributed by atoms with Crippen molar-refractivity contribution in [1.82, 2.24) is 20.1 Å². The minimum atomic E-state index is -4.55. The van der Waals surface area contributed by atoms with Gasteiger partial charge in [0.15, 0.2) is 5.78 Å². The highest BCUT2D eigenvalue weighted by atomic mass is 19.4. The lowest BCUT2D eigenvalue weighted by molar-refractivity contribution is -0.138. The van der Waals surface area contributed by atoms with E-state index in [2.05, 4.69) is 22.1 Å². The molecular weight excluding hydrogens is 561 g/mol. The molecule has 11 heteroatoms. The van der Waals surface area contributed by atoms with Crippen molar-refractivity contribution in [3.05, 3.63) is 82.7 Å². The Labute approximate surface area is 247 Å². The van der Waals surface area contributed by atoms with Gasteiger partial charge in [0.1, 0.15) is 29.0 Å². The number of hydrogen-bond acceptors (Lipinski definition) is 7. The highest BCUT2D eigenvalue weighted by molar-refractivity contribution is 5.97. The molecule has 1 aromatic heterocycles. The summed E-state index contributed by atoms with van der Waals surface area (Å²) in [6.07, 6.45) is -3.17. The molecule has 1 saturated carbocycles. The molecule has 43 heavy (non-hydrogen) atoms. The number of halogens is 3. The summed E-state index contributed by atoms with van der Waals surface area (Å²) in [4.78, 5) is 33.4. The quantitative estimate of drug-likeness (QED) is 0.344. The van der Waals surface area contributed by atoms with E-state index in [1.807, 2.05) is 11.0 Å². The molecule has 1 N–H and O–H groups in total. The number of nitrogens with one attached hydrogen (secondary N) is 1. The Kier molecular flexibility index (Phi) is 7.87. The maximum Gasteiger partial charge on any atom is 0.416 e. The number of amides is 1. The normalized spacial score (nSPS) is 21.5. The van der Waals surface area contributed by atoms with Crippen LogP contribution in [0.2, 0.25) is 0 Å². The molecule has 3 atom stereocenters. The van der Waals surface area contributed by atoms with Gasteiger partial charge in [-0.2, -0.15) is 13.2 Å². The summed E-state index contributed by atoms with van der Waals surface area (Å²) < 4.78 is 54.2. The number of hydrogen-bond donors (Lipinski definition) is 1. The van der Waals surface area contributed by atoms with E-state index < -0.39 is 11.7 Å². The minimum absolute atomic E-state index is 0.0375. The van der Waals surface area contributed by atoms with Crippen LogP contribution in [0.3, 0.4) is 0 Å². The van der Waals surface area contributed by atoms with Gasteiger partial charge in [-0.15, -0.1) is 0 Å². The zero-order valence-corrected chi connectivity index (χ0v) is 24.0. The van der Waals surface area contributed by atoms with Crippen LogP contribution in [0.15, 0.2) is 54.7 Å². The predicted molar refractivity (Wildman–Crippen MR) is 153 cm³/mol. The summed E-state index contributed by atoms with van der Waals surface area (Å²) >= 11 is 0. The Morgan fingerprint density at radius 2 is 1.77 bits per heavy atom. The van der Waals surface area contributed by atoms with Crippen LogP contribution in [0.1, 0.15) is 56.8 Å². The molecule has 1 saturated heterocycles. The van der Waals surface area contributed by atoms with Gasteiger partial charge in [0.25, 0.3) is 5.91 Å². The number of fused-ring (bicyclic) bond motifs is 3. The number of alkyl halides is 3. The number of Topliss-reactive ketones (excluding diaryl/α,β-unsaturated/α-hetero) is 1. The van der Waals surface area contributed by atoms with Crippen LogP contribution in [0, 0.1) is 5.92 Å². The van der Waals surface area contributed by atoms with Gasteiger partial charge >= 0.3 is 6.18 Å². The van der Waals surface area contributed by atoms with Gasteiger partial charge < -0.3 is 19.7 Å². The number of ether oxygens (including phenoxy) is 2. The predicted octanol–water partition coefficient (Wildman–Crippen LogP) is 5.14. The molecule has 3 aliphatic rings. The number of piperazine rings is 1. The van der Waals surface area contributed by atoms with E-state index in [1.54, 1.807) is 18.2 Å². The molecule has 6 rings (SSSR count). The molecule has 2 aliphatic heterocycles. The molecule has 3 heterocycles. The molecule has 0 spiro atoms. The molecule has 226 valence electrons. The summed E-state index contributed by atoms with van der Waals surface area (Å²) in [5, 5.41) is 2.52. The van der Waals surface area contributed by atoms with Crippen molar-refractivity contribution in [3.63, 3.8) is 0 Å². The van der Waals surface area contributed by atoms with Crippen LogP contribution in [-0.2, 0) is 12.7 Å². The van der Waals surface area contributed by atoms with E-state index in [1.165, 1.54) is 31.4 Å². The van der Waals surface area contributed by atoms with E-state index in [0.29, 0.717) is 30.3 Å². The topological polar surface area (TPSA) is 84.0 Å². The van der Waals surface area contributed by atoms with Crippen molar-refractivity contribution in [2.45, 2.75) is 38.1 Å². The summed E-state index contributed by atoms with van der Waals surface area (Å²) in [6, 6.07) is 12.6. The highest BCUT2D eigenvalue weighted by Gasteiger charge is 2.59. The third kappa shape index (κ3) is 6.09. The van der Waals surface area contributed by atoms with Crippen LogP contribution < -0.4 is 14.8 Å². The van der Waals surface area contributed by atoms with E-state index in [-0.39, 0.29) is 59.4 Å². The zero-order chi connectivity index (χ0) is 30.3. The SMILES string of the molecule is CCN1CCN(Cc2ccc(C(=O)C[C@@H]3[C@H]4Oc5ccc(Oc6ccnc(C(=O)NC)c6)cc5[C@@H]34)cc2C(F)(F)F)CC1. The molecule has 8 nitrogen and oxygen atoms in total. The molecule has 0 unspecified atom stereocenters. The number of ketones is 1. The third-order valence-corrected chi connectivity index (χ3v) is 8.59. The number of likely N-dealkylation sites (N-methyl/N-ethyl adjacent to an activating group) is 1. The van der Waals surface area contributed by atoms with Crippen LogP contribution in [-0.4, -0.2) is 72.3 Å². The van der Waals surface area contributed by atoms with Crippen molar-refractivity contribution >= 4 is 11.7 Å². The lowest BCUT2D eigenvalue weighted by Gasteiger charge is -2.34. The van der Waals surface area contributed by atoms with E-state index in [9.17, 15) is 22.8 Å². The fraction of sp³-hybridized carbons (Fsp3) is 0.406. The second-order valence-electron chi connectivity index (χ2n) is 11.2. The molecular formula is C32H33F3N4O4. The molecule has 3 aromatic rings. The second kappa shape index (κ2) is 11.6. The first-order valence-corrected chi connectivity index (χ1v) is 14.5. The summed E-state index contributed by atoms with van der Waals surface area (Å²) in [6.45, 7) is 6.30. The monoisotopic (exact) mass is 594 g/mol. The molecule has 1 amide bonds. The van der Waals surface area contributed by atoms with E-state index in [4.69, 9.17) is 9.47 Å². The molecule has 1 aliphatic carbocycles. The van der Waals surface area contributed by atoms with Gasteiger partial charge in [-0.3, -0.25) is 19.5 Å². The van der Waals surface area contributed by atoms with Gasteiger partial charge in [-0.05, 0) is 42.4 Å². The maximum atomic E-state index is 14.1. The Hall–Kier alpha value is -3.96. The van der Waals surface area contributed by atoms with Crippen molar-refractivity contribution < 1.29 is 32.2 Å². The van der Waals surface area contributed by atoms with Gasteiger partial charge in [0.2, 0.25) is 0 Å². The van der Waals surface area contributed by atoms with Gasteiger partial charge in [0.05, 0.1) is 5.56 Å². The average Bonchev–Trinajstić information content (AvgIpc) is 3.52. The van der Waals surface area contributed by atoms with Crippen LogP contribution in [0.25, 0.3) is 0 Å². The fourth-order valence-corrected chi connectivity index (χ4v) is 6.11.